The summed E-state index contributed by atoms with van der Waals surface area (Å²) >= 11 is 2.06. The van der Waals surface area contributed by atoms with Gasteiger partial charge in [0, 0.05) is 37.2 Å². The van der Waals surface area contributed by atoms with Crippen LogP contribution in [0.2, 0.25) is 0 Å². The molecule has 106 valence electrons. The lowest BCUT2D eigenvalue weighted by Gasteiger charge is -2.39. The third-order valence-corrected chi connectivity index (χ3v) is 4.94. The number of hydrogen-bond donors (Lipinski definition) is 1. The van der Waals surface area contributed by atoms with Crippen LogP contribution in [0.25, 0.3) is 0 Å². The van der Waals surface area contributed by atoms with Gasteiger partial charge in [-0.2, -0.15) is 11.8 Å². The van der Waals surface area contributed by atoms with E-state index in [1.165, 1.54) is 18.6 Å². The molecule has 0 saturated carbocycles. The smallest absolute Gasteiger partial charge is 0.193 e. The molecule has 1 fully saturated rings. The number of hydrogen-bond acceptors (Lipinski definition) is 2. The average molecular weight is 271 g/mol. The fourth-order valence-electron chi connectivity index (χ4n) is 2.34. The van der Waals surface area contributed by atoms with E-state index in [2.05, 4.69) is 54.7 Å². The van der Waals surface area contributed by atoms with E-state index in [4.69, 9.17) is 0 Å². The van der Waals surface area contributed by atoms with Crippen molar-refractivity contribution >= 4 is 17.7 Å². The molecule has 0 aromatic carbocycles. The topological polar surface area (TPSA) is 27.6 Å². The highest BCUT2D eigenvalue weighted by Crippen LogP contribution is 2.29. The van der Waals surface area contributed by atoms with E-state index in [1.54, 1.807) is 0 Å². The van der Waals surface area contributed by atoms with E-state index >= 15 is 0 Å². The van der Waals surface area contributed by atoms with Crippen LogP contribution in [0, 0.1) is 5.92 Å². The van der Waals surface area contributed by atoms with Crippen LogP contribution in [0.5, 0.6) is 0 Å². The molecule has 0 unspecified atom stereocenters. The van der Waals surface area contributed by atoms with Crippen molar-refractivity contribution in [1.29, 1.82) is 0 Å². The Hall–Kier alpha value is -0.380. The second-order valence-corrected chi connectivity index (χ2v) is 7.44. The van der Waals surface area contributed by atoms with Crippen molar-refractivity contribution in [1.82, 2.24) is 10.2 Å². The first kappa shape index (κ1) is 15.7. The van der Waals surface area contributed by atoms with Gasteiger partial charge in [-0.1, -0.05) is 26.7 Å². The molecular weight excluding hydrogens is 242 g/mol. The highest BCUT2D eigenvalue weighted by atomic mass is 32.2. The zero-order valence-corrected chi connectivity index (χ0v) is 13.4. The lowest BCUT2D eigenvalue weighted by molar-refractivity contribution is 0.368. The molecule has 1 heterocycles. The Balaban J connectivity index is 2.51. The van der Waals surface area contributed by atoms with Crippen LogP contribution in [0.3, 0.4) is 0 Å². The molecule has 0 radical (unpaired) electrons. The maximum atomic E-state index is 4.44. The highest BCUT2D eigenvalue weighted by molar-refractivity contribution is 8.00. The first-order valence-corrected chi connectivity index (χ1v) is 8.10. The summed E-state index contributed by atoms with van der Waals surface area (Å²) in [6, 6.07) is 0. The van der Waals surface area contributed by atoms with Gasteiger partial charge < -0.3 is 10.2 Å². The number of thioether (sulfide) groups is 1. The van der Waals surface area contributed by atoms with Crippen molar-refractivity contribution in [2.45, 2.75) is 45.3 Å². The Morgan fingerprint density at radius 3 is 2.56 bits per heavy atom. The fraction of sp³-hybridized carbons (Fsp3) is 0.929. The summed E-state index contributed by atoms with van der Waals surface area (Å²) in [5, 5.41) is 3.55. The van der Waals surface area contributed by atoms with E-state index in [-0.39, 0.29) is 0 Å². The summed E-state index contributed by atoms with van der Waals surface area (Å²) in [4.78, 5) is 6.84. The summed E-state index contributed by atoms with van der Waals surface area (Å²) in [6.45, 7) is 12.4. The number of nitrogens with one attached hydrogen (secondary N) is 1. The zero-order chi connectivity index (χ0) is 13.6. The molecule has 1 aliphatic rings. The predicted molar refractivity (Wildman–Crippen MR) is 83.5 cm³/mol. The van der Waals surface area contributed by atoms with Crippen LogP contribution >= 0.6 is 11.8 Å². The summed E-state index contributed by atoms with van der Waals surface area (Å²) in [5.41, 5.74) is 0. The summed E-state index contributed by atoms with van der Waals surface area (Å²) in [6.07, 6.45) is 2.48. The maximum absolute atomic E-state index is 4.44. The van der Waals surface area contributed by atoms with Gasteiger partial charge in [-0.3, -0.25) is 4.99 Å². The van der Waals surface area contributed by atoms with Gasteiger partial charge >= 0.3 is 0 Å². The van der Waals surface area contributed by atoms with Gasteiger partial charge in [0.1, 0.15) is 0 Å². The van der Waals surface area contributed by atoms with Crippen LogP contribution in [0.4, 0.5) is 0 Å². The Labute approximate surface area is 117 Å². The van der Waals surface area contributed by atoms with Crippen LogP contribution in [-0.4, -0.2) is 48.0 Å². The molecule has 3 nitrogen and oxygen atoms in total. The molecule has 1 saturated heterocycles. The van der Waals surface area contributed by atoms with Gasteiger partial charge in [0.25, 0.3) is 0 Å². The predicted octanol–water partition coefficient (Wildman–Crippen LogP) is 2.83. The molecule has 1 rings (SSSR count). The van der Waals surface area contributed by atoms with Crippen LogP contribution in [0.15, 0.2) is 4.99 Å². The lowest BCUT2D eigenvalue weighted by Crippen LogP contribution is -2.51. The van der Waals surface area contributed by atoms with E-state index in [1.807, 2.05) is 7.05 Å². The lowest BCUT2D eigenvalue weighted by atomic mass is 10.0. The van der Waals surface area contributed by atoms with Crippen molar-refractivity contribution in [3.05, 3.63) is 0 Å². The molecule has 0 aromatic heterocycles. The van der Waals surface area contributed by atoms with Crippen molar-refractivity contribution in [2.24, 2.45) is 10.9 Å². The normalized spacial score (nSPS) is 20.3. The minimum absolute atomic E-state index is 0.338. The van der Waals surface area contributed by atoms with Gasteiger partial charge in [0.05, 0.1) is 0 Å². The van der Waals surface area contributed by atoms with Crippen LogP contribution in [-0.2, 0) is 0 Å². The number of rotatable bonds is 4. The van der Waals surface area contributed by atoms with Crippen molar-refractivity contribution in [2.75, 3.05) is 32.4 Å². The molecule has 1 aliphatic heterocycles. The van der Waals surface area contributed by atoms with Crippen molar-refractivity contribution < 1.29 is 0 Å². The number of guanidine groups is 1. The molecular formula is C14H29N3S. The van der Waals surface area contributed by atoms with Gasteiger partial charge in [-0.15, -0.1) is 0 Å². The molecule has 0 atom stereocenters. The first-order valence-electron chi connectivity index (χ1n) is 7.12. The Bertz CT molecular complexity index is 272. The van der Waals surface area contributed by atoms with Crippen LogP contribution in [0.1, 0.15) is 40.5 Å². The summed E-state index contributed by atoms with van der Waals surface area (Å²) < 4.78 is 0.338. The molecule has 0 spiro atoms. The average Bonchev–Trinajstić information content (AvgIpc) is 2.33. The number of aliphatic imine (C=N–C) groups is 1. The fourth-order valence-corrected chi connectivity index (χ4v) is 3.45. The monoisotopic (exact) mass is 271 g/mol. The first-order chi connectivity index (χ1) is 8.52. The van der Waals surface area contributed by atoms with Gasteiger partial charge in [0.15, 0.2) is 5.96 Å². The largest absolute Gasteiger partial charge is 0.356 e. The van der Waals surface area contributed by atoms with Gasteiger partial charge in [0.2, 0.25) is 0 Å². The van der Waals surface area contributed by atoms with E-state index in [0.29, 0.717) is 4.75 Å². The van der Waals surface area contributed by atoms with Crippen LogP contribution < -0.4 is 5.32 Å². The van der Waals surface area contributed by atoms with E-state index < -0.39 is 0 Å². The zero-order valence-electron chi connectivity index (χ0n) is 12.6. The van der Waals surface area contributed by atoms with Crippen molar-refractivity contribution in [3.8, 4) is 0 Å². The SMILES string of the molecule is CCC(CC)CNC(=NC)N1CCSC(C)(C)C1. The Morgan fingerprint density at radius 1 is 1.39 bits per heavy atom. The quantitative estimate of drug-likeness (QED) is 0.629. The summed E-state index contributed by atoms with van der Waals surface area (Å²) in [7, 11) is 1.89. The molecule has 0 bridgehead atoms. The van der Waals surface area contributed by atoms with E-state index in [9.17, 15) is 0 Å². The maximum Gasteiger partial charge on any atom is 0.193 e. The molecule has 0 aliphatic carbocycles. The minimum atomic E-state index is 0.338. The molecule has 0 amide bonds. The summed E-state index contributed by atoms with van der Waals surface area (Å²) in [5.74, 6) is 3.03. The Morgan fingerprint density at radius 2 is 2.06 bits per heavy atom. The van der Waals surface area contributed by atoms with Gasteiger partial charge in [-0.05, 0) is 19.8 Å². The molecule has 1 N–H and O–H groups in total. The van der Waals surface area contributed by atoms with E-state index in [0.717, 1.165) is 31.5 Å². The highest BCUT2D eigenvalue weighted by Gasteiger charge is 2.28. The molecule has 18 heavy (non-hydrogen) atoms. The third kappa shape index (κ3) is 4.71. The second kappa shape index (κ2) is 7.27. The van der Waals surface area contributed by atoms with Crippen molar-refractivity contribution in [3.63, 3.8) is 0 Å². The van der Waals surface area contributed by atoms with Gasteiger partial charge in [-0.25, -0.2) is 0 Å². The molecule has 4 heteroatoms. The minimum Gasteiger partial charge on any atom is -0.356 e. The molecule has 0 aromatic rings. The third-order valence-electron chi connectivity index (χ3n) is 3.64. The standard InChI is InChI=1S/C14H29N3S/c1-6-12(7-2)10-16-13(15-5)17-8-9-18-14(3,4)11-17/h12H,6-11H2,1-5H3,(H,15,16). The Kier molecular flexibility index (Phi) is 6.33. The number of nitrogens with zero attached hydrogens (tertiary/aromatic N) is 2. The second-order valence-electron chi connectivity index (χ2n) is 5.64.